The summed E-state index contributed by atoms with van der Waals surface area (Å²) in [6.45, 7) is 4.54. The van der Waals surface area contributed by atoms with Crippen LogP contribution in [0.15, 0.2) is 59.8 Å². The van der Waals surface area contributed by atoms with Gasteiger partial charge in [0.15, 0.2) is 12.1 Å². The maximum atomic E-state index is 13.8. The average Bonchev–Trinajstić information content (AvgIpc) is 2.98. The minimum atomic E-state index is -0.534. The van der Waals surface area contributed by atoms with Crippen molar-refractivity contribution in [2.45, 2.75) is 39.0 Å². The van der Waals surface area contributed by atoms with E-state index in [0.717, 1.165) is 40.3 Å². The van der Waals surface area contributed by atoms with Crippen molar-refractivity contribution in [1.29, 1.82) is 0 Å². The number of nitrogens with zero attached hydrogens (tertiary/aromatic N) is 2. The Hall–Kier alpha value is -3.36. The van der Waals surface area contributed by atoms with E-state index in [1.807, 2.05) is 48.2 Å². The van der Waals surface area contributed by atoms with Gasteiger partial charge in [-0.3, -0.25) is 9.59 Å². The number of carbonyl (C=O) groups is 2. The number of amides is 1. The molecule has 1 aliphatic heterocycles. The van der Waals surface area contributed by atoms with E-state index in [4.69, 9.17) is 9.47 Å². The Balaban J connectivity index is 1.82. The van der Waals surface area contributed by atoms with Crippen LogP contribution in [-0.2, 0) is 19.1 Å². The van der Waals surface area contributed by atoms with Crippen LogP contribution in [0, 0.1) is 5.41 Å². The predicted octanol–water partition coefficient (Wildman–Crippen LogP) is 4.10. The number of hydrogen-bond acceptors (Lipinski definition) is 7. The monoisotopic (exact) mass is 506 g/mol. The summed E-state index contributed by atoms with van der Waals surface area (Å²) in [5.41, 5.74) is 5.28. The number of ether oxygens (including phenoxy) is 2. The zero-order valence-corrected chi connectivity index (χ0v) is 22.6. The Kier molecular flexibility index (Phi) is 7.90. The van der Waals surface area contributed by atoms with Gasteiger partial charge in [0.1, 0.15) is 0 Å². The normalized spacial score (nSPS) is 18.6. The van der Waals surface area contributed by atoms with Crippen LogP contribution in [0.5, 0.6) is 0 Å². The number of allylic oxidation sites excluding steroid dienone is 1. The minimum absolute atomic E-state index is 0.0619. The minimum Gasteiger partial charge on any atom is -0.378 e. The van der Waals surface area contributed by atoms with Crippen molar-refractivity contribution in [3.63, 3.8) is 0 Å². The summed E-state index contributed by atoms with van der Waals surface area (Å²) in [6.07, 6.45) is 0.672. The van der Waals surface area contributed by atoms with Gasteiger partial charge in [-0.15, -0.1) is 0 Å². The van der Waals surface area contributed by atoms with Gasteiger partial charge in [0, 0.05) is 51.7 Å². The van der Waals surface area contributed by atoms with Crippen LogP contribution in [-0.4, -0.2) is 59.4 Å². The Labute approximate surface area is 219 Å². The second-order valence-corrected chi connectivity index (χ2v) is 10.7. The van der Waals surface area contributed by atoms with Crippen molar-refractivity contribution < 1.29 is 19.1 Å². The zero-order valence-electron chi connectivity index (χ0n) is 22.6. The van der Waals surface area contributed by atoms with E-state index in [0.29, 0.717) is 6.42 Å². The smallest absolute Gasteiger partial charge is 0.239 e. The van der Waals surface area contributed by atoms with Crippen molar-refractivity contribution in [1.82, 2.24) is 5.32 Å². The summed E-state index contributed by atoms with van der Waals surface area (Å²) in [5, 5.41) is 6.50. The number of nitrogens with one attached hydrogen (secondary N) is 2. The fourth-order valence-corrected chi connectivity index (χ4v) is 5.20. The standard InChI is InChI=1S/C29H38N4O4/c1-29(2)15-22-27(24(34)16-29)28(19-11-13-20(14-12-19)32(3)4)33(23-10-8-7-9-21(23)31-22)18-25(35)30-17-26(36-5)37-6/h7-14,26,28,31H,15-18H2,1-6H3,(H,30,35). The van der Waals surface area contributed by atoms with E-state index in [1.165, 1.54) is 14.2 Å². The number of hydrogen-bond donors (Lipinski definition) is 2. The summed E-state index contributed by atoms with van der Waals surface area (Å²) >= 11 is 0. The van der Waals surface area contributed by atoms with Gasteiger partial charge in [0.25, 0.3) is 0 Å². The predicted molar refractivity (Wildman–Crippen MR) is 147 cm³/mol. The second kappa shape index (κ2) is 10.9. The van der Waals surface area contributed by atoms with Crippen LogP contribution in [0.1, 0.15) is 38.3 Å². The van der Waals surface area contributed by atoms with Crippen molar-refractivity contribution in [3.8, 4) is 0 Å². The van der Waals surface area contributed by atoms with Crippen LogP contribution in [0.25, 0.3) is 0 Å². The lowest BCUT2D eigenvalue weighted by molar-refractivity contribution is -0.126. The van der Waals surface area contributed by atoms with Crippen LogP contribution >= 0.6 is 0 Å². The molecule has 198 valence electrons. The van der Waals surface area contributed by atoms with Crippen LogP contribution in [0.4, 0.5) is 17.1 Å². The van der Waals surface area contributed by atoms with E-state index in [1.54, 1.807) is 0 Å². The van der Waals surface area contributed by atoms with Crippen LogP contribution in [0.3, 0.4) is 0 Å². The van der Waals surface area contributed by atoms with Gasteiger partial charge >= 0.3 is 0 Å². The molecule has 2 aromatic carbocycles. The molecule has 1 amide bonds. The molecule has 2 aliphatic rings. The van der Waals surface area contributed by atoms with Crippen LogP contribution in [0.2, 0.25) is 0 Å². The summed E-state index contributed by atoms with van der Waals surface area (Å²) in [6, 6.07) is 15.7. The first-order valence-electron chi connectivity index (χ1n) is 12.6. The van der Waals surface area contributed by atoms with E-state index in [9.17, 15) is 9.59 Å². The molecule has 4 rings (SSSR count). The first kappa shape index (κ1) is 26.7. The fourth-order valence-electron chi connectivity index (χ4n) is 5.20. The third kappa shape index (κ3) is 5.81. The number of benzene rings is 2. The Morgan fingerprint density at radius 1 is 1.11 bits per heavy atom. The van der Waals surface area contributed by atoms with Gasteiger partial charge in [0.2, 0.25) is 5.91 Å². The molecule has 0 saturated carbocycles. The Morgan fingerprint density at radius 2 is 1.78 bits per heavy atom. The lowest BCUT2D eigenvalue weighted by Gasteiger charge is -2.38. The Bertz CT molecular complexity index is 1170. The number of fused-ring (bicyclic) bond motifs is 1. The molecule has 2 aromatic rings. The number of anilines is 3. The van der Waals surface area contributed by atoms with Gasteiger partial charge in [0.05, 0.1) is 30.5 Å². The number of methoxy groups -OCH3 is 2. The van der Waals surface area contributed by atoms with E-state index < -0.39 is 12.3 Å². The maximum absolute atomic E-state index is 13.8. The molecule has 1 aliphatic carbocycles. The highest BCUT2D eigenvalue weighted by atomic mass is 16.7. The zero-order chi connectivity index (χ0) is 26.7. The van der Waals surface area contributed by atoms with Gasteiger partial charge in [-0.05, 0) is 41.7 Å². The molecular weight excluding hydrogens is 468 g/mol. The topological polar surface area (TPSA) is 83.1 Å². The fraction of sp³-hybridized carbons (Fsp3) is 0.448. The molecular formula is C29H38N4O4. The van der Waals surface area contributed by atoms with Gasteiger partial charge in [-0.25, -0.2) is 0 Å². The van der Waals surface area contributed by atoms with E-state index in [-0.39, 0.29) is 30.2 Å². The van der Waals surface area contributed by atoms with E-state index >= 15 is 0 Å². The highest BCUT2D eigenvalue weighted by Crippen LogP contribution is 2.48. The maximum Gasteiger partial charge on any atom is 0.239 e. The van der Waals surface area contributed by atoms with E-state index in [2.05, 4.69) is 48.7 Å². The molecule has 2 N–H and O–H groups in total. The highest BCUT2D eigenvalue weighted by Gasteiger charge is 2.41. The molecule has 0 spiro atoms. The number of carbonyl (C=O) groups excluding carboxylic acids is 2. The molecule has 1 heterocycles. The summed E-state index contributed by atoms with van der Waals surface area (Å²) in [7, 11) is 7.07. The molecule has 0 bridgehead atoms. The van der Waals surface area contributed by atoms with Gasteiger partial charge in [-0.2, -0.15) is 0 Å². The second-order valence-electron chi connectivity index (χ2n) is 10.7. The SMILES string of the molecule is COC(CNC(=O)CN1c2ccccc2NC2=C(C(=O)CC(C)(C)C2)C1c1ccc(N(C)C)cc1)OC. The summed E-state index contributed by atoms with van der Waals surface area (Å²) in [5.74, 6) is -0.0751. The first-order valence-corrected chi connectivity index (χ1v) is 12.6. The average molecular weight is 507 g/mol. The number of para-hydroxylation sites is 2. The molecule has 0 saturated heterocycles. The third-order valence-electron chi connectivity index (χ3n) is 7.03. The van der Waals surface area contributed by atoms with Crippen molar-refractivity contribution in [3.05, 3.63) is 65.4 Å². The van der Waals surface area contributed by atoms with Crippen molar-refractivity contribution in [2.24, 2.45) is 5.41 Å². The highest BCUT2D eigenvalue weighted by molar-refractivity contribution is 6.01. The summed E-state index contributed by atoms with van der Waals surface area (Å²) in [4.78, 5) is 31.1. The molecule has 0 fully saturated rings. The van der Waals surface area contributed by atoms with Gasteiger partial charge in [-0.1, -0.05) is 38.1 Å². The third-order valence-corrected chi connectivity index (χ3v) is 7.03. The molecule has 0 aromatic heterocycles. The summed E-state index contributed by atoms with van der Waals surface area (Å²) < 4.78 is 10.4. The quantitative estimate of drug-likeness (QED) is 0.522. The molecule has 8 nitrogen and oxygen atoms in total. The molecule has 0 radical (unpaired) electrons. The Morgan fingerprint density at radius 3 is 2.43 bits per heavy atom. The molecule has 37 heavy (non-hydrogen) atoms. The molecule has 1 unspecified atom stereocenters. The number of ketones is 1. The largest absolute Gasteiger partial charge is 0.378 e. The number of Topliss-reactive ketones (excluding diaryl/α,β-unsaturated/α-hetero) is 1. The van der Waals surface area contributed by atoms with Crippen molar-refractivity contribution >= 4 is 28.8 Å². The van der Waals surface area contributed by atoms with Crippen LogP contribution < -0.4 is 20.4 Å². The first-order chi connectivity index (χ1) is 17.6. The molecule has 1 atom stereocenters. The lowest BCUT2D eigenvalue weighted by Crippen LogP contribution is -2.44. The molecule has 8 heteroatoms. The van der Waals surface area contributed by atoms with Gasteiger partial charge < -0.3 is 29.9 Å². The number of rotatable bonds is 8. The van der Waals surface area contributed by atoms with Crippen molar-refractivity contribution in [2.75, 3.05) is 56.5 Å². The lowest BCUT2D eigenvalue weighted by atomic mass is 9.73.